The quantitative estimate of drug-likeness (QED) is 0.412. The van der Waals surface area contributed by atoms with E-state index in [9.17, 15) is 18.4 Å². The summed E-state index contributed by atoms with van der Waals surface area (Å²) in [6.45, 7) is 0.269. The number of rotatable bonds is 7. The van der Waals surface area contributed by atoms with E-state index < -0.39 is 11.1 Å². The number of hydrogen-bond acceptors (Lipinski definition) is 5. The lowest BCUT2D eigenvalue weighted by molar-refractivity contribution is -0.123. The van der Waals surface area contributed by atoms with E-state index in [1.54, 1.807) is 36.4 Å². The van der Waals surface area contributed by atoms with Gasteiger partial charge in [0.05, 0.1) is 18.6 Å². The molecule has 0 bridgehead atoms. The van der Waals surface area contributed by atoms with Gasteiger partial charge in [0, 0.05) is 0 Å². The maximum atomic E-state index is 13.1. The normalized spacial score (nSPS) is 14.8. The summed E-state index contributed by atoms with van der Waals surface area (Å²) < 4.78 is 37.4. The van der Waals surface area contributed by atoms with Gasteiger partial charge >= 0.3 is 0 Å². The van der Waals surface area contributed by atoms with Gasteiger partial charge < -0.3 is 9.47 Å². The Labute approximate surface area is 193 Å². The topological polar surface area (TPSA) is 55.8 Å². The first-order valence-electron chi connectivity index (χ1n) is 9.98. The average Bonchev–Trinajstić information content (AvgIpc) is 3.07. The molecule has 1 aliphatic rings. The van der Waals surface area contributed by atoms with Crippen LogP contribution in [0.1, 0.15) is 16.7 Å². The second-order valence-corrected chi connectivity index (χ2v) is 8.21. The third-order valence-electron chi connectivity index (χ3n) is 4.92. The van der Waals surface area contributed by atoms with Crippen molar-refractivity contribution in [1.82, 2.24) is 4.90 Å². The van der Waals surface area contributed by atoms with E-state index in [0.717, 1.165) is 22.2 Å². The van der Waals surface area contributed by atoms with Crippen molar-refractivity contribution in [3.8, 4) is 11.5 Å². The fourth-order valence-corrected chi connectivity index (χ4v) is 4.04. The molecule has 1 saturated heterocycles. The Morgan fingerprint density at radius 3 is 2.15 bits per heavy atom. The Bertz CT molecular complexity index is 1210. The summed E-state index contributed by atoms with van der Waals surface area (Å²) in [5, 5.41) is -0.392. The van der Waals surface area contributed by atoms with Crippen LogP contribution in [-0.2, 0) is 17.9 Å². The van der Waals surface area contributed by atoms with Crippen LogP contribution >= 0.6 is 11.8 Å². The number of thioether (sulfide) groups is 1. The van der Waals surface area contributed by atoms with E-state index in [0.29, 0.717) is 22.6 Å². The van der Waals surface area contributed by atoms with Crippen molar-refractivity contribution in [3.05, 3.63) is 100.0 Å². The molecule has 0 unspecified atom stereocenters. The second-order valence-electron chi connectivity index (χ2n) is 7.22. The average molecular weight is 467 g/mol. The molecule has 3 aromatic carbocycles. The Kier molecular flexibility index (Phi) is 6.74. The largest absolute Gasteiger partial charge is 0.493 e. The number of imide groups is 1. The van der Waals surface area contributed by atoms with Gasteiger partial charge in [0.25, 0.3) is 11.1 Å². The first kappa shape index (κ1) is 22.5. The van der Waals surface area contributed by atoms with Crippen LogP contribution in [0.4, 0.5) is 13.6 Å². The molecule has 0 spiro atoms. The zero-order valence-electron chi connectivity index (χ0n) is 17.6. The van der Waals surface area contributed by atoms with Crippen LogP contribution in [0.15, 0.2) is 71.6 Å². The highest BCUT2D eigenvalue weighted by Gasteiger charge is 2.35. The molecule has 2 amide bonds. The third-order valence-corrected chi connectivity index (χ3v) is 5.83. The highest BCUT2D eigenvalue weighted by atomic mass is 32.2. The summed E-state index contributed by atoms with van der Waals surface area (Å²) >= 11 is 0.843. The molecular weight excluding hydrogens is 448 g/mol. The van der Waals surface area contributed by atoms with E-state index >= 15 is 0 Å². The van der Waals surface area contributed by atoms with Crippen LogP contribution in [0.25, 0.3) is 6.08 Å². The number of carbonyl (C=O) groups is 2. The smallest absolute Gasteiger partial charge is 0.293 e. The van der Waals surface area contributed by atoms with E-state index in [1.807, 2.05) is 0 Å². The van der Waals surface area contributed by atoms with Gasteiger partial charge in [-0.05, 0) is 70.9 Å². The van der Waals surface area contributed by atoms with Crippen molar-refractivity contribution in [2.75, 3.05) is 7.11 Å². The van der Waals surface area contributed by atoms with Gasteiger partial charge in [-0.15, -0.1) is 0 Å². The van der Waals surface area contributed by atoms with Gasteiger partial charge in [0.2, 0.25) is 0 Å². The van der Waals surface area contributed by atoms with Crippen LogP contribution in [0.3, 0.4) is 0 Å². The molecule has 3 aromatic rings. The number of benzene rings is 3. The van der Waals surface area contributed by atoms with Gasteiger partial charge in [-0.1, -0.05) is 30.3 Å². The van der Waals surface area contributed by atoms with Crippen molar-refractivity contribution in [1.29, 1.82) is 0 Å². The predicted octanol–water partition coefficient (Wildman–Crippen LogP) is 5.79. The first-order chi connectivity index (χ1) is 15.9. The van der Waals surface area contributed by atoms with Gasteiger partial charge in [0.15, 0.2) is 11.5 Å². The summed E-state index contributed by atoms with van der Waals surface area (Å²) in [5.74, 6) is -0.185. The lowest BCUT2D eigenvalue weighted by Crippen LogP contribution is -2.27. The minimum absolute atomic E-state index is 0.0664. The van der Waals surface area contributed by atoms with Crippen LogP contribution in [-0.4, -0.2) is 23.2 Å². The van der Waals surface area contributed by atoms with Gasteiger partial charge in [-0.3, -0.25) is 14.5 Å². The molecule has 168 valence electrons. The maximum Gasteiger partial charge on any atom is 0.293 e. The number of nitrogens with zero attached hydrogens (tertiary/aromatic N) is 1. The van der Waals surface area contributed by atoms with Crippen LogP contribution in [0.2, 0.25) is 0 Å². The van der Waals surface area contributed by atoms with E-state index in [-0.39, 0.29) is 29.7 Å². The molecule has 33 heavy (non-hydrogen) atoms. The second kappa shape index (κ2) is 9.87. The summed E-state index contributed by atoms with van der Waals surface area (Å²) in [6, 6.07) is 16.8. The molecule has 5 nitrogen and oxygen atoms in total. The standard InChI is InChI=1S/C25H19F2NO4S/c1-31-21-11-6-18(12-22(21)32-15-17-4-9-20(27)10-5-17)13-23-24(29)28(25(30)33-23)14-16-2-7-19(26)8-3-16/h2-13H,14-15H2,1H3/b23-13-. The molecule has 8 heteroatoms. The summed E-state index contributed by atoms with van der Waals surface area (Å²) in [7, 11) is 1.51. The molecule has 0 aliphatic carbocycles. The maximum absolute atomic E-state index is 13.1. The number of ether oxygens (including phenoxy) is 2. The fraction of sp³-hybridized carbons (Fsp3) is 0.120. The van der Waals surface area contributed by atoms with Gasteiger partial charge in [-0.25, -0.2) is 8.78 Å². The minimum Gasteiger partial charge on any atom is -0.493 e. The van der Waals surface area contributed by atoms with Gasteiger partial charge in [0.1, 0.15) is 18.2 Å². The van der Waals surface area contributed by atoms with E-state index in [1.165, 1.54) is 43.5 Å². The van der Waals surface area contributed by atoms with Crippen LogP contribution < -0.4 is 9.47 Å². The van der Waals surface area contributed by atoms with Crippen molar-refractivity contribution in [2.24, 2.45) is 0 Å². The number of hydrogen-bond donors (Lipinski definition) is 0. The number of methoxy groups -OCH3 is 1. The highest BCUT2D eigenvalue weighted by Crippen LogP contribution is 2.35. The lowest BCUT2D eigenvalue weighted by Gasteiger charge is -2.12. The Morgan fingerprint density at radius 1 is 0.879 bits per heavy atom. The zero-order valence-corrected chi connectivity index (χ0v) is 18.4. The first-order valence-corrected chi connectivity index (χ1v) is 10.8. The van der Waals surface area contributed by atoms with Crippen molar-refractivity contribution in [3.63, 3.8) is 0 Å². The summed E-state index contributed by atoms with van der Waals surface area (Å²) in [5.41, 5.74) is 2.09. The highest BCUT2D eigenvalue weighted by molar-refractivity contribution is 8.18. The third kappa shape index (κ3) is 5.40. The Morgan fingerprint density at radius 2 is 1.52 bits per heavy atom. The lowest BCUT2D eigenvalue weighted by atomic mass is 10.1. The molecule has 0 radical (unpaired) electrons. The number of halogens is 2. The van der Waals surface area contributed by atoms with E-state index in [2.05, 4.69) is 0 Å². The molecule has 0 saturated carbocycles. The predicted molar refractivity (Wildman–Crippen MR) is 122 cm³/mol. The molecular formula is C25H19F2NO4S. The summed E-state index contributed by atoms with van der Waals surface area (Å²) in [4.78, 5) is 26.6. The fourth-order valence-electron chi connectivity index (χ4n) is 3.20. The number of amides is 2. The molecule has 4 rings (SSSR count). The SMILES string of the molecule is COc1ccc(/C=C2\SC(=O)N(Cc3ccc(F)cc3)C2=O)cc1OCc1ccc(F)cc1. The van der Waals surface area contributed by atoms with Crippen molar-refractivity contribution >= 4 is 29.0 Å². The zero-order chi connectivity index (χ0) is 23.4. The van der Waals surface area contributed by atoms with Crippen LogP contribution in [0.5, 0.6) is 11.5 Å². The minimum atomic E-state index is -0.418. The molecule has 0 N–H and O–H groups in total. The monoisotopic (exact) mass is 467 g/mol. The van der Waals surface area contributed by atoms with E-state index in [4.69, 9.17) is 9.47 Å². The summed E-state index contributed by atoms with van der Waals surface area (Å²) in [6.07, 6.45) is 1.61. The number of carbonyl (C=O) groups excluding carboxylic acids is 2. The Balaban J connectivity index is 1.51. The van der Waals surface area contributed by atoms with Crippen molar-refractivity contribution < 1.29 is 27.8 Å². The Hall–Kier alpha value is -3.65. The molecule has 0 atom stereocenters. The molecule has 1 aliphatic heterocycles. The molecule has 1 heterocycles. The van der Waals surface area contributed by atoms with Gasteiger partial charge in [-0.2, -0.15) is 0 Å². The van der Waals surface area contributed by atoms with Crippen LogP contribution in [0, 0.1) is 11.6 Å². The van der Waals surface area contributed by atoms with Crippen molar-refractivity contribution in [2.45, 2.75) is 13.2 Å². The molecule has 0 aromatic heterocycles. The molecule has 1 fully saturated rings.